The molecule has 0 aromatic carbocycles. The van der Waals surface area contributed by atoms with Gasteiger partial charge < -0.3 is 28.5 Å². The van der Waals surface area contributed by atoms with E-state index in [0.29, 0.717) is 23.9 Å². The van der Waals surface area contributed by atoms with Crippen molar-refractivity contribution in [3.05, 3.63) is 36.5 Å². The first kappa shape index (κ1) is 79.5. The summed E-state index contributed by atoms with van der Waals surface area (Å²) in [6, 6.07) is 0. The fourth-order valence-electron chi connectivity index (χ4n) is 10.6. The molecule has 0 radical (unpaired) electrons. The molecule has 9 nitrogen and oxygen atoms in total. The predicted octanol–water partition coefficient (Wildman–Crippen LogP) is 22.0. The Bertz CT molecular complexity index is 1440. The van der Waals surface area contributed by atoms with Gasteiger partial charge in [-0.3, -0.25) is 9.59 Å². The second-order valence-electron chi connectivity index (χ2n) is 25.5. The molecule has 82 heavy (non-hydrogen) atoms. The third-order valence-corrected chi connectivity index (χ3v) is 16.1. The van der Waals surface area contributed by atoms with Crippen LogP contribution in [0.1, 0.15) is 354 Å². The van der Waals surface area contributed by atoms with Gasteiger partial charge in [0.05, 0.1) is 34.4 Å². The Labute approximate surface area is 509 Å². The molecule has 9 heteroatoms. The van der Waals surface area contributed by atoms with Gasteiger partial charge in [0.1, 0.15) is 13.2 Å². The van der Waals surface area contributed by atoms with Gasteiger partial charge in [0.25, 0.3) is 6.29 Å². The van der Waals surface area contributed by atoms with Crippen LogP contribution in [0.15, 0.2) is 36.5 Å². The van der Waals surface area contributed by atoms with Gasteiger partial charge in [-0.05, 0) is 70.6 Å². The minimum atomic E-state index is -1.51. The van der Waals surface area contributed by atoms with Crippen LogP contribution < -0.4 is 0 Å². The normalized spacial score (nSPS) is 12.8. The molecular weight excluding hydrogens is 1020 g/mol. The zero-order valence-electron chi connectivity index (χ0n) is 55.2. The van der Waals surface area contributed by atoms with Crippen molar-refractivity contribution in [2.75, 3.05) is 47.5 Å². The highest BCUT2D eigenvalue weighted by Crippen LogP contribution is 2.19. The lowest BCUT2D eigenvalue weighted by atomic mass is 10.0. The summed E-state index contributed by atoms with van der Waals surface area (Å²) in [7, 11) is 5.98. The number of esters is 2. The second-order valence-corrected chi connectivity index (χ2v) is 25.5. The van der Waals surface area contributed by atoms with Crippen molar-refractivity contribution in [1.29, 1.82) is 0 Å². The maximum Gasteiger partial charge on any atom is 0.361 e. The van der Waals surface area contributed by atoms with Crippen LogP contribution in [0.2, 0.25) is 0 Å². The van der Waals surface area contributed by atoms with Crippen molar-refractivity contribution in [2.45, 2.75) is 367 Å². The lowest BCUT2D eigenvalue weighted by Gasteiger charge is -2.25. The first-order valence-electron chi connectivity index (χ1n) is 35.7. The summed E-state index contributed by atoms with van der Waals surface area (Å²) in [5.74, 6) is -2.00. The second kappa shape index (κ2) is 64.5. The lowest BCUT2D eigenvalue weighted by molar-refractivity contribution is -0.870. The number of carboxylic acid groups (broad SMARTS) is 1. The molecule has 0 aliphatic rings. The molecule has 0 aliphatic heterocycles. The molecule has 0 fully saturated rings. The van der Waals surface area contributed by atoms with E-state index in [9.17, 15) is 19.5 Å². The van der Waals surface area contributed by atoms with Crippen molar-refractivity contribution in [3.63, 3.8) is 0 Å². The average molecular weight is 1160 g/mol. The molecule has 0 amide bonds. The average Bonchev–Trinajstić information content (AvgIpc) is 3.47. The quantitative estimate of drug-likeness (QED) is 0.0211. The molecule has 0 rings (SSSR count). The van der Waals surface area contributed by atoms with Gasteiger partial charge in [-0.25, -0.2) is 4.79 Å². The van der Waals surface area contributed by atoms with Crippen LogP contribution in [-0.2, 0) is 33.3 Å². The SMILES string of the molecule is CCCCCC/C=C\C/C=C\CCCCCCCC(=O)OC(COC(=O)CCCCCCCCCCCCCCCCCCCCCCCCCCCCCCC/C=C\CCCCCCCCCC)COC(OCC[N+](C)(C)C)C(=O)O. The number of carbonyl (C=O) groups is 3. The summed E-state index contributed by atoms with van der Waals surface area (Å²) < 4.78 is 22.9. The number of nitrogens with zero attached hydrogens (tertiary/aromatic N) is 1. The van der Waals surface area contributed by atoms with Gasteiger partial charge >= 0.3 is 17.9 Å². The Balaban J connectivity index is 3.88. The van der Waals surface area contributed by atoms with E-state index in [1.807, 2.05) is 21.1 Å². The van der Waals surface area contributed by atoms with E-state index in [1.165, 1.54) is 263 Å². The Morgan fingerprint density at radius 1 is 0.366 bits per heavy atom. The molecule has 0 aliphatic carbocycles. The summed E-state index contributed by atoms with van der Waals surface area (Å²) in [4.78, 5) is 37.5. The molecule has 0 saturated carbocycles. The van der Waals surface area contributed by atoms with Gasteiger partial charge in [-0.2, -0.15) is 0 Å². The Morgan fingerprint density at radius 2 is 0.659 bits per heavy atom. The van der Waals surface area contributed by atoms with E-state index in [1.54, 1.807) is 0 Å². The number of unbranched alkanes of at least 4 members (excludes halogenated alkanes) is 46. The number of ether oxygens (including phenoxy) is 4. The van der Waals surface area contributed by atoms with Gasteiger partial charge in [0.2, 0.25) is 0 Å². The van der Waals surface area contributed by atoms with Crippen molar-refractivity contribution in [2.24, 2.45) is 0 Å². The molecule has 0 bridgehead atoms. The van der Waals surface area contributed by atoms with Gasteiger partial charge in [0.15, 0.2) is 6.10 Å². The highest BCUT2D eigenvalue weighted by molar-refractivity contribution is 5.71. The minimum Gasteiger partial charge on any atom is -0.477 e. The molecule has 2 unspecified atom stereocenters. The zero-order valence-corrected chi connectivity index (χ0v) is 55.2. The van der Waals surface area contributed by atoms with Crippen LogP contribution in [0, 0.1) is 0 Å². The molecule has 0 heterocycles. The third-order valence-electron chi connectivity index (χ3n) is 16.1. The number of hydrogen-bond acceptors (Lipinski definition) is 7. The van der Waals surface area contributed by atoms with E-state index < -0.39 is 24.3 Å². The maximum atomic E-state index is 12.9. The van der Waals surface area contributed by atoms with E-state index in [2.05, 4.69) is 50.3 Å². The summed E-state index contributed by atoms with van der Waals surface area (Å²) in [6.07, 6.45) is 78.7. The fraction of sp³-hybridized carbons (Fsp3) is 0.877. The van der Waals surface area contributed by atoms with Crippen LogP contribution in [0.25, 0.3) is 0 Å². The van der Waals surface area contributed by atoms with Gasteiger partial charge in [-0.15, -0.1) is 0 Å². The van der Waals surface area contributed by atoms with E-state index in [4.69, 9.17) is 18.9 Å². The molecule has 482 valence electrons. The van der Waals surface area contributed by atoms with E-state index in [0.717, 1.165) is 57.8 Å². The summed E-state index contributed by atoms with van der Waals surface area (Å²) in [5.41, 5.74) is 0. The van der Waals surface area contributed by atoms with Crippen molar-refractivity contribution in [1.82, 2.24) is 0 Å². The fourth-order valence-corrected chi connectivity index (χ4v) is 10.6. The molecule has 2 atom stereocenters. The zero-order chi connectivity index (χ0) is 59.8. The Morgan fingerprint density at radius 3 is 0.988 bits per heavy atom. The number of aliphatic carboxylic acids is 1. The third kappa shape index (κ3) is 65.1. The summed E-state index contributed by atoms with van der Waals surface area (Å²) >= 11 is 0. The number of allylic oxidation sites excluding steroid dienone is 6. The number of carbonyl (C=O) groups excluding carboxylic acids is 2. The molecule has 0 saturated heterocycles. The predicted molar refractivity (Wildman–Crippen MR) is 351 cm³/mol. The molecular formula is C73H138NO8+. The van der Waals surface area contributed by atoms with Crippen molar-refractivity contribution >= 4 is 17.9 Å². The van der Waals surface area contributed by atoms with Gasteiger partial charge in [-0.1, -0.05) is 307 Å². The summed E-state index contributed by atoms with van der Waals surface area (Å²) in [5, 5.41) is 9.72. The van der Waals surface area contributed by atoms with Crippen LogP contribution in [-0.4, -0.2) is 87.4 Å². The number of hydrogen-bond donors (Lipinski definition) is 1. The van der Waals surface area contributed by atoms with Crippen LogP contribution in [0.4, 0.5) is 0 Å². The minimum absolute atomic E-state index is 0.184. The van der Waals surface area contributed by atoms with Gasteiger partial charge in [0, 0.05) is 12.8 Å². The number of carboxylic acids is 1. The standard InChI is InChI=1S/C73H137NO8/c1-6-8-10-12-14-16-18-20-22-24-25-26-27-28-29-30-31-32-33-34-35-36-37-38-39-40-41-42-43-44-45-46-47-48-50-51-53-55-57-59-61-63-70(75)80-67-69(68-81-73(72(77)78)79-66-65-74(3,4)5)82-71(76)64-62-60-58-56-54-52-49-23-21-19-17-15-13-11-9-7-2/h17,19,23-25,49,69,73H,6-16,18,20-22,26-48,50-68H2,1-5H3/p+1/b19-17-,25-24-,49-23-. The maximum absolute atomic E-state index is 12.9. The highest BCUT2D eigenvalue weighted by Gasteiger charge is 2.25. The molecule has 1 N–H and O–H groups in total. The highest BCUT2D eigenvalue weighted by atomic mass is 16.7. The first-order chi connectivity index (χ1) is 40.1. The Hall–Kier alpha value is -2.49. The monoisotopic (exact) mass is 1160 g/mol. The molecule has 0 aromatic rings. The van der Waals surface area contributed by atoms with Crippen LogP contribution in [0.5, 0.6) is 0 Å². The van der Waals surface area contributed by atoms with E-state index in [-0.39, 0.29) is 32.2 Å². The van der Waals surface area contributed by atoms with Crippen LogP contribution >= 0.6 is 0 Å². The first-order valence-corrected chi connectivity index (χ1v) is 35.7. The van der Waals surface area contributed by atoms with Crippen molar-refractivity contribution < 1.29 is 42.9 Å². The smallest absolute Gasteiger partial charge is 0.361 e. The largest absolute Gasteiger partial charge is 0.477 e. The summed E-state index contributed by atoms with van der Waals surface area (Å²) in [6.45, 7) is 4.89. The van der Waals surface area contributed by atoms with Crippen molar-refractivity contribution in [3.8, 4) is 0 Å². The molecule has 0 spiro atoms. The number of rotatable bonds is 67. The Kier molecular flexibility index (Phi) is 62.5. The number of likely N-dealkylation sites (N-methyl/N-ethyl adjacent to an activating group) is 1. The molecule has 0 aromatic heterocycles. The number of quaternary nitrogens is 1. The topological polar surface area (TPSA) is 108 Å². The lowest BCUT2D eigenvalue weighted by Crippen LogP contribution is -2.40. The van der Waals surface area contributed by atoms with E-state index >= 15 is 0 Å². The van der Waals surface area contributed by atoms with Crippen LogP contribution in [0.3, 0.4) is 0 Å².